The molecule has 0 spiro atoms. The molecule has 196 valence electrons. The Bertz CT molecular complexity index is 648. The predicted molar refractivity (Wildman–Crippen MR) is 142 cm³/mol. The molecular formula is C30H46O5. The second-order valence-corrected chi connectivity index (χ2v) is 8.83. The summed E-state index contributed by atoms with van der Waals surface area (Å²) in [6.45, 7) is 9.33. The Balaban J connectivity index is 1.82. The van der Waals surface area contributed by atoms with Crippen molar-refractivity contribution in [2.45, 2.75) is 64.6 Å². The number of unbranched alkanes of at least 4 members (excludes halogenated alkanes) is 2. The molecule has 0 amide bonds. The van der Waals surface area contributed by atoms with Crippen LogP contribution < -0.4 is 0 Å². The molecule has 2 aromatic rings. The van der Waals surface area contributed by atoms with Gasteiger partial charge < -0.3 is 23.7 Å². The maximum Gasteiger partial charge on any atom is 0.0849 e. The lowest BCUT2D eigenvalue weighted by Crippen LogP contribution is -2.29. The lowest BCUT2D eigenvalue weighted by molar-refractivity contribution is -0.0718. The van der Waals surface area contributed by atoms with E-state index in [4.69, 9.17) is 23.7 Å². The van der Waals surface area contributed by atoms with Gasteiger partial charge in [-0.25, -0.2) is 0 Å². The number of hydrogen-bond donors (Lipinski definition) is 0. The molecule has 0 saturated carbocycles. The molecule has 0 aliphatic heterocycles. The van der Waals surface area contributed by atoms with Crippen LogP contribution in [0.5, 0.6) is 0 Å². The quantitative estimate of drug-likeness (QED) is 0.194. The summed E-state index contributed by atoms with van der Waals surface area (Å²) in [6, 6.07) is 20.9. The van der Waals surface area contributed by atoms with E-state index in [1.165, 1.54) is 11.1 Å². The van der Waals surface area contributed by atoms with Crippen molar-refractivity contribution < 1.29 is 23.7 Å². The van der Waals surface area contributed by atoms with Crippen molar-refractivity contribution >= 4 is 0 Å². The molecule has 2 rings (SSSR count). The Morgan fingerprint density at radius 2 is 0.943 bits per heavy atom. The third-order valence-corrected chi connectivity index (χ3v) is 5.67. The highest BCUT2D eigenvalue weighted by molar-refractivity contribution is 5.16. The summed E-state index contributed by atoms with van der Waals surface area (Å²) in [7, 11) is 0. The van der Waals surface area contributed by atoms with Gasteiger partial charge in [0, 0.05) is 26.1 Å². The SMILES string of the molecule is CCCCOCCOC(COCC(Cc1ccccc1)OCCOCCCC)Cc1ccccc1. The Labute approximate surface area is 213 Å². The van der Waals surface area contributed by atoms with E-state index in [9.17, 15) is 0 Å². The molecule has 2 atom stereocenters. The van der Waals surface area contributed by atoms with Gasteiger partial charge in [-0.1, -0.05) is 87.4 Å². The van der Waals surface area contributed by atoms with E-state index in [0.29, 0.717) is 39.6 Å². The van der Waals surface area contributed by atoms with Crippen LogP contribution in [0, 0.1) is 0 Å². The van der Waals surface area contributed by atoms with Crippen LogP contribution in [0.4, 0.5) is 0 Å². The van der Waals surface area contributed by atoms with Gasteiger partial charge in [0.1, 0.15) is 0 Å². The van der Waals surface area contributed by atoms with Gasteiger partial charge in [0.2, 0.25) is 0 Å². The minimum Gasteiger partial charge on any atom is -0.379 e. The monoisotopic (exact) mass is 486 g/mol. The Morgan fingerprint density at radius 1 is 0.514 bits per heavy atom. The Morgan fingerprint density at radius 3 is 1.34 bits per heavy atom. The molecule has 0 N–H and O–H groups in total. The second kappa shape index (κ2) is 20.4. The summed E-state index contributed by atoms with van der Waals surface area (Å²) in [4.78, 5) is 0. The molecule has 5 nitrogen and oxygen atoms in total. The maximum atomic E-state index is 6.16. The van der Waals surface area contributed by atoms with Gasteiger partial charge in [-0.15, -0.1) is 0 Å². The number of hydrogen-bond acceptors (Lipinski definition) is 5. The molecule has 2 aromatic carbocycles. The third-order valence-electron chi connectivity index (χ3n) is 5.67. The zero-order chi connectivity index (χ0) is 24.8. The highest BCUT2D eigenvalue weighted by Gasteiger charge is 2.15. The Kier molecular flexibility index (Phi) is 17.2. The number of benzene rings is 2. The van der Waals surface area contributed by atoms with Crippen LogP contribution in [0.25, 0.3) is 0 Å². The molecular weight excluding hydrogens is 440 g/mol. The molecule has 0 fully saturated rings. The molecule has 0 aliphatic rings. The fourth-order valence-corrected chi connectivity index (χ4v) is 3.66. The lowest BCUT2D eigenvalue weighted by atomic mass is 10.1. The minimum atomic E-state index is -0.0260. The van der Waals surface area contributed by atoms with Crippen LogP contribution in [-0.4, -0.2) is 65.1 Å². The van der Waals surface area contributed by atoms with E-state index in [-0.39, 0.29) is 12.2 Å². The zero-order valence-corrected chi connectivity index (χ0v) is 21.9. The fourth-order valence-electron chi connectivity index (χ4n) is 3.66. The lowest BCUT2D eigenvalue weighted by Gasteiger charge is -2.22. The van der Waals surface area contributed by atoms with Crippen molar-refractivity contribution in [1.82, 2.24) is 0 Å². The van der Waals surface area contributed by atoms with Gasteiger partial charge in [0.25, 0.3) is 0 Å². The average Bonchev–Trinajstić information content (AvgIpc) is 2.89. The first-order valence-corrected chi connectivity index (χ1v) is 13.4. The van der Waals surface area contributed by atoms with Crippen LogP contribution >= 0.6 is 0 Å². The molecule has 0 aliphatic carbocycles. The van der Waals surface area contributed by atoms with Gasteiger partial charge in [-0.05, 0) is 24.0 Å². The van der Waals surface area contributed by atoms with E-state index >= 15 is 0 Å². The van der Waals surface area contributed by atoms with Crippen LogP contribution in [-0.2, 0) is 36.5 Å². The van der Waals surface area contributed by atoms with Gasteiger partial charge in [0.15, 0.2) is 0 Å². The molecule has 0 bridgehead atoms. The second-order valence-electron chi connectivity index (χ2n) is 8.83. The normalized spacial score (nSPS) is 13.1. The van der Waals surface area contributed by atoms with Crippen molar-refractivity contribution in [3.05, 3.63) is 71.8 Å². The van der Waals surface area contributed by atoms with E-state index in [1.807, 2.05) is 12.1 Å². The average molecular weight is 487 g/mol. The highest BCUT2D eigenvalue weighted by atomic mass is 16.6. The molecule has 35 heavy (non-hydrogen) atoms. The molecule has 5 heteroatoms. The molecule has 0 heterocycles. The van der Waals surface area contributed by atoms with E-state index in [1.54, 1.807) is 0 Å². The van der Waals surface area contributed by atoms with Crippen LogP contribution in [0.2, 0.25) is 0 Å². The predicted octanol–water partition coefficient (Wildman–Crippen LogP) is 5.89. The summed E-state index contributed by atoms with van der Waals surface area (Å²) in [5, 5.41) is 0. The molecule has 0 aromatic heterocycles. The highest BCUT2D eigenvalue weighted by Crippen LogP contribution is 2.10. The number of ether oxygens (including phenoxy) is 5. The first-order valence-electron chi connectivity index (χ1n) is 13.4. The van der Waals surface area contributed by atoms with Gasteiger partial charge in [-0.3, -0.25) is 0 Å². The first kappa shape index (κ1) is 29.5. The van der Waals surface area contributed by atoms with Gasteiger partial charge >= 0.3 is 0 Å². The van der Waals surface area contributed by atoms with Crippen molar-refractivity contribution in [3.63, 3.8) is 0 Å². The smallest absolute Gasteiger partial charge is 0.0849 e. The number of rotatable bonds is 22. The van der Waals surface area contributed by atoms with Crippen molar-refractivity contribution in [2.75, 3.05) is 52.9 Å². The minimum absolute atomic E-state index is 0.0260. The van der Waals surface area contributed by atoms with Gasteiger partial charge in [-0.2, -0.15) is 0 Å². The van der Waals surface area contributed by atoms with E-state index < -0.39 is 0 Å². The van der Waals surface area contributed by atoms with Crippen LogP contribution in [0.15, 0.2) is 60.7 Å². The van der Waals surface area contributed by atoms with Crippen molar-refractivity contribution in [1.29, 1.82) is 0 Å². The molecule has 0 saturated heterocycles. The molecule has 0 radical (unpaired) electrons. The van der Waals surface area contributed by atoms with Crippen molar-refractivity contribution in [3.8, 4) is 0 Å². The topological polar surface area (TPSA) is 46.2 Å². The first-order chi connectivity index (χ1) is 17.3. The van der Waals surface area contributed by atoms with Crippen LogP contribution in [0.3, 0.4) is 0 Å². The third kappa shape index (κ3) is 15.1. The molecule has 2 unspecified atom stereocenters. The largest absolute Gasteiger partial charge is 0.379 e. The summed E-state index contributed by atoms with van der Waals surface area (Å²) in [5.41, 5.74) is 2.49. The standard InChI is InChI=1S/C30H46O5/c1-3-5-17-31-19-21-34-29(23-27-13-9-7-10-14-27)25-33-26-30(24-28-15-11-8-12-16-28)35-22-20-32-18-6-4-2/h7-16,29-30H,3-6,17-26H2,1-2H3. The summed E-state index contributed by atoms with van der Waals surface area (Å²) in [5.74, 6) is 0. The maximum absolute atomic E-state index is 6.16. The summed E-state index contributed by atoms with van der Waals surface area (Å²) >= 11 is 0. The summed E-state index contributed by atoms with van der Waals surface area (Å²) < 4.78 is 29.8. The Hall–Kier alpha value is -1.76. The zero-order valence-electron chi connectivity index (χ0n) is 21.9. The van der Waals surface area contributed by atoms with Gasteiger partial charge in [0.05, 0.1) is 51.8 Å². The summed E-state index contributed by atoms with van der Waals surface area (Å²) in [6.07, 6.45) is 6.02. The van der Waals surface area contributed by atoms with Crippen LogP contribution in [0.1, 0.15) is 50.7 Å². The fraction of sp³-hybridized carbons (Fsp3) is 0.600. The van der Waals surface area contributed by atoms with E-state index in [2.05, 4.69) is 62.4 Å². The van der Waals surface area contributed by atoms with E-state index in [0.717, 1.165) is 51.7 Å². The van der Waals surface area contributed by atoms with Crippen molar-refractivity contribution in [2.24, 2.45) is 0 Å².